The maximum Gasteiger partial charge on any atom is 0.252 e. The van der Waals surface area contributed by atoms with Gasteiger partial charge in [0.05, 0.1) is 12.1 Å². The third-order valence-corrected chi connectivity index (χ3v) is 7.82. The maximum atomic E-state index is 13.1. The number of hydrogen-bond acceptors (Lipinski definition) is 6. The van der Waals surface area contributed by atoms with E-state index in [1.165, 1.54) is 24.1 Å². The molecule has 1 aliphatic rings. The number of rotatable bonds is 8. The Hall–Kier alpha value is -2.84. The molecule has 4 aromatic rings. The van der Waals surface area contributed by atoms with Gasteiger partial charge in [-0.3, -0.25) is 9.69 Å². The quantitative estimate of drug-likeness (QED) is 0.361. The highest BCUT2D eigenvalue weighted by Crippen LogP contribution is 2.33. The topological polar surface area (TPSA) is 79.7 Å². The van der Waals surface area contributed by atoms with Gasteiger partial charge in [0.15, 0.2) is 5.82 Å². The van der Waals surface area contributed by atoms with E-state index in [2.05, 4.69) is 66.7 Å². The Morgan fingerprint density at radius 2 is 2.03 bits per heavy atom. The summed E-state index contributed by atoms with van der Waals surface area (Å²) in [6.45, 7) is 5.50. The van der Waals surface area contributed by atoms with Crippen molar-refractivity contribution in [2.24, 2.45) is 0 Å². The second kappa shape index (κ2) is 10.2. The zero-order chi connectivity index (χ0) is 23.5. The van der Waals surface area contributed by atoms with Crippen LogP contribution in [-0.4, -0.2) is 30.1 Å². The number of pyridine rings is 1. The summed E-state index contributed by atoms with van der Waals surface area (Å²) in [6, 6.07) is 12.8. The van der Waals surface area contributed by atoms with Crippen LogP contribution in [-0.2, 0) is 13.1 Å². The highest BCUT2D eigenvalue weighted by atomic mass is 32.1. The summed E-state index contributed by atoms with van der Waals surface area (Å²) in [5.41, 5.74) is 2.75. The number of H-pyrrole nitrogens is 1. The van der Waals surface area contributed by atoms with Crippen molar-refractivity contribution in [2.45, 2.75) is 77.5 Å². The van der Waals surface area contributed by atoms with Crippen LogP contribution in [0.3, 0.4) is 0 Å². The largest absolute Gasteiger partial charge is 0.322 e. The third kappa shape index (κ3) is 4.83. The minimum Gasteiger partial charge on any atom is -0.322 e. The third-order valence-electron chi connectivity index (χ3n) is 6.96. The number of hydrogen-bond donors (Lipinski definition) is 1. The smallest absolute Gasteiger partial charge is 0.252 e. The van der Waals surface area contributed by atoms with Gasteiger partial charge in [0, 0.05) is 29.0 Å². The number of fused-ring (bicyclic) bond motifs is 1. The first kappa shape index (κ1) is 22.9. The lowest BCUT2D eigenvalue weighted by Gasteiger charge is -2.31. The molecule has 0 radical (unpaired) electrons. The maximum absolute atomic E-state index is 13.1. The van der Waals surface area contributed by atoms with Crippen molar-refractivity contribution in [3.63, 3.8) is 0 Å². The molecule has 0 saturated heterocycles. The monoisotopic (exact) mass is 476 g/mol. The molecule has 1 fully saturated rings. The van der Waals surface area contributed by atoms with Crippen LogP contribution in [0.15, 0.2) is 46.6 Å². The fourth-order valence-electron chi connectivity index (χ4n) is 5.18. The van der Waals surface area contributed by atoms with E-state index in [0.717, 1.165) is 53.7 Å². The fraction of sp³-hybridized carbons (Fsp3) is 0.462. The Kier molecular flexibility index (Phi) is 6.87. The first-order valence-electron chi connectivity index (χ1n) is 12.3. The summed E-state index contributed by atoms with van der Waals surface area (Å²) in [6.07, 6.45) is 6.87. The van der Waals surface area contributed by atoms with E-state index in [-0.39, 0.29) is 11.6 Å². The van der Waals surface area contributed by atoms with Gasteiger partial charge in [-0.05, 0) is 71.1 Å². The van der Waals surface area contributed by atoms with Crippen molar-refractivity contribution >= 4 is 22.2 Å². The van der Waals surface area contributed by atoms with Gasteiger partial charge in [0.1, 0.15) is 0 Å². The highest BCUT2D eigenvalue weighted by molar-refractivity contribution is 7.09. The van der Waals surface area contributed by atoms with Crippen LogP contribution >= 0.6 is 11.3 Å². The Bertz CT molecular complexity index is 1290. The molecule has 34 heavy (non-hydrogen) atoms. The molecule has 0 spiro atoms. The van der Waals surface area contributed by atoms with Gasteiger partial charge in [0.2, 0.25) is 0 Å². The van der Waals surface area contributed by atoms with E-state index in [1.54, 1.807) is 11.3 Å². The normalized spacial score (nSPS) is 15.9. The number of nitrogens with one attached hydrogen (secondary N) is 1. The lowest BCUT2D eigenvalue weighted by atomic mass is 9.95. The second-order valence-electron chi connectivity index (χ2n) is 9.40. The molecule has 7 nitrogen and oxygen atoms in total. The number of nitrogens with zero attached hydrogens (tertiary/aromatic N) is 5. The van der Waals surface area contributed by atoms with Gasteiger partial charge < -0.3 is 4.98 Å². The zero-order valence-corrected chi connectivity index (χ0v) is 20.7. The van der Waals surface area contributed by atoms with Gasteiger partial charge in [-0.2, -0.15) is 0 Å². The molecule has 0 aliphatic heterocycles. The molecular formula is C26H32N6OS. The molecule has 1 aliphatic carbocycles. The van der Waals surface area contributed by atoms with Gasteiger partial charge in [0.25, 0.3) is 5.56 Å². The average Bonchev–Trinajstić information content (AvgIpc) is 3.53. The Morgan fingerprint density at radius 3 is 2.79 bits per heavy atom. The molecule has 3 aromatic heterocycles. The molecule has 8 heteroatoms. The molecule has 5 rings (SSSR count). The van der Waals surface area contributed by atoms with Crippen LogP contribution in [0.1, 0.15) is 79.4 Å². The first-order chi connectivity index (χ1) is 16.6. The lowest BCUT2D eigenvalue weighted by molar-refractivity contribution is 0.157. The Morgan fingerprint density at radius 1 is 1.18 bits per heavy atom. The van der Waals surface area contributed by atoms with Gasteiger partial charge in [-0.1, -0.05) is 44.4 Å². The van der Waals surface area contributed by atoms with Crippen molar-refractivity contribution in [3.05, 3.63) is 74.0 Å². The SMILES string of the molecule is CC[C@@H](c1nnnn1C1CCCCC1)N(Cc1cccs1)Cc1cc2ccc(C)cc2[nH]c1=O. The number of aryl methyl sites for hydroxylation is 1. The van der Waals surface area contributed by atoms with Crippen LogP contribution in [0.4, 0.5) is 0 Å². The first-order valence-corrected chi connectivity index (χ1v) is 13.2. The molecule has 178 valence electrons. The van der Waals surface area contributed by atoms with E-state index < -0.39 is 0 Å². The second-order valence-corrected chi connectivity index (χ2v) is 10.4. The molecule has 1 saturated carbocycles. The molecule has 0 bridgehead atoms. The van der Waals surface area contributed by atoms with Crippen molar-refractivity contribution in [2.75, 3.05) is 0 Å². The summed E-state index contributed by atoms with van der Waals surface area (Å²) in [5, 5.41) is 16.2. The summed E-state index contributed by atoms with van der Waals surface area (Å²) in [7, 11) is 0. The summed E-state index contributed by atoms with van der Waals surface area (Å²) in [4.78, 5) is 19.8. The van der Waals surface area contributed by atoms with Crippen LogP contribution in [0.25, 0.3) is 10.9 Å². The molecule has 1 aromatic carbocycles. The fourth-order valence-corrected chi connectivity index (χ4v) is 5.91. The van der Waals surface area contributed by atoms with Crippen molar-refractivity contribution in [3.8, 4) is 0 Å². The Labute approximate surface area is 203 Å². The van der Waals surface area contributed by atoms with Gasteiger partial charge in [-0.25, -0.2) is 4.68 Å². The molecule has 1 N–H and O–H groups in total. The molecule has 0 amide bonds. The number of tetrazole rings is 1. The number of aromatic amines is 1. The minimum absolute atomic E-state index is 0.0205. The van der Waals surface area contributed by atoms with E-state index >= 15 is 0 Å². The standard InChI is InChI=1S/C26H32N6OS/c1-3-24(25-28-29-30-32(25)21-8-5-4-6-9-21)31(17-22-10-7-13-34-22)16-20-15-19-12-11-18(2)14-23(19)27-26(20)33/h7,10-15,21,24H,3-6,8-9,16-17H2,1-2H3,(H,27,33)/t24-/m0/s1. The van der Waals surface area contributed by atoms with Gasteiger partial charge in [-0.15, -0.1) is 16.4 Å². The lowest BCUT2D eigenvalue weighted by Crippen LogP contribution is -2.33. The van der Waals surface area contributed by atoms with E-state index in [0.29, 0.717) is 12.6 Å². The molecule has 0 unspecified atom stereocenters. The summed E-state index contributed by atoms with van der Waals surface area (Å²) < 4.78 is 2.07. The summed E-state index contributed by atoms with van der Waals surface area (Å²) in [5.74, 6) is 0.916. The zero-order valence-electron chi connectivity index (χ0n) is 19.9. The van der Waals surface area contributed by atoms with E-state index in [9.17, 15) is 4.79 Å². The summed E-state index contributed by atoms with van der Waals surface area (Å²) >= 11 is 1.74. The van der Waals surface area contributed by atoms with Crippen molar-refractivity contribution in [1.82, 2.24) is 30.1 Å². The molecule has 3 heterocycles. The number of aromatic nitrogens is 5. The van der Waals surface area contributed by atoms with E-state index in [1.807, 2.05) is 19.1 Å². The highest BCUT2D eigenvalue weighted by Gasteiger charge is 2.29. The minimum atomic E-state index is -0.0315. The Balaban J connectivity index is 1.50. The predicted octanol–water partition coefficient (Wildman–Crippen LogP) is 5.54. The van der Waals surface area contributed by atoms with Crippen molar-refractivity contribution in [1.29, 1.82) is 0 Å². The van der Waals surface area contributed by atoms with Crippen LogP contribution in [0.5, 0.6) is 0 Å². The van der Waals surface area contributed by atoms with Gasteiger partial charge >= 0.3 is 0 Å². The van der Waals surface area contributed by atoms with Crippen LogP contribution in [0.2, 0.25) is 0 Å². The molecule has 1 atom stereocenters. The molecular weight excluding hydrogens is 444 g/mol. The average molecular weight is 477 g/mol. The van der Waals surface area contributed by atoms with Crippen LogP contribution in [0, 0.1) is 6.92 Å². The predicted molar refractivity (Wildman–Crippen MR) is 136 cm³/mol. The van der Waals surface area contributed by atoms with Crippen molar-refractivity contribution < 1.29 is 0 Å². The van der Waals surface area contributed by atoms with Crippen LogP contribution < -0.4 is 5.56 Å². The van der Waals surface area contributed by atoms with E-state index in [4.69, 9.17) is 0 Å². The number of benzene rings is 1. The number of thiophene rings is 1.